The Bertz CT molecular complexity index is 499. The third-order valence-electron chi connectivity index (χ3n) is 3.01. The molecule has 4 nitrogen and oxygen atoms in total. The maximum Gasteiger partial charge on any atom is 0.243 e. The zero-order chi connectivity index (χ0) is 11.1. The summed E-state index contributed by atoms with van der Waals surface area (Å²) in [4.78, 5) is 13.6. The molecule has 1 aromatic rings. The second-order valence-corrected chi connectivity index (χ2v) is 4.25. The number of benzene rings is 1. The molecule has 4 heteroatoms. The Morgan fingerprint density at radius 2 is 2.25 bits per heavy atom. The molecule has 1 saturated carbocycles. The molecule has 1 aliphatic carbocycles. The number of anilines is 2. The SMILES string of the molecule is N#Cc1ccc2c(c1)N(C1CC1)CC(=O)N2. The fraction of sp³-hybridized carbons (Fsp3) is 0.333. The molecule has 80 valence electrons. The van der Waals surface area contributed by atoms with Gasteiger partial charge in [0.2, 0.25) is 5.91 Å². The summed E-state index contributed by atoms with van der Waals surface area (Å²) in [6, 6.07) is 8.01. The molecule has 0 spiro atoms. The van der Waals surface area contributed by atoms with Crippen LogP contribution in [0.2, 0.25) is 0 Å². The van der Waals surface area contributed by atoms with Crippen molar-refractivity contribution in [3.63, 3.8) is 0 Å². The van der Waals surface area contributed by atoms with E-state index in [1.54, 1.807) is 12.1 Å². The van der Waals surface area contributed by atoms with E-state index in [2.05, 4.69) is 16.3 Å². The summed E-state index contributed by atoms with van der Waals surface area (Å²) < 4.78 is 0. The first-order valence-corrected chi connectivity index (χ1v) is 5.38. The molecule has 1 fully saturated rings. The highest BCUT2D eigenvalue weighted by molar-refractivity contribution is 6.01. The maximum atomic E-state index is 11.5. The molecule has 1 heterocycles. The fourth-order valence-electron chi connectivity index (χ4n) is 2.09. The van der Waals surface area contributed by atoms with Gasteiger partial charge in [-0.3, -0.25) is 4.79 Å². The van der Waals surface area contributed by atoms with E-state index in [9.17, 15) is 4.79 Å². The predicted octanol–water partition coefficient (Wildman–Crippen LogP) is 1.48. The van der Waals surface area contributed by atoms with E-state index in [0.29, 0.717) is 18.2 Å². The quantitative estimate of drug-likeness (QED) is 0.768. The number of rotatable bonds is 1. The van der Waals surface area contributed by atoms with Gasteiger partial charge in [0.05, 0.1) is 29.6 Å². The minimum Gasteiger partial charge on any atom is -0.358 e. The van der Waals surface area contributed by atoms with Crippen LogP contribution in [0.5, 0.6) is 0 Å². The summed E-state index contributed by atoms with van der Waals surface area (Å²) in [6.45, 7) is 0.409. The number of nitrogens with one attached hydrogen (secondary N) is 1. The van der Waals surface area contributed by atoms with Crippen LogP contribution in [0.25, 0.3) is 0 Å². The number of hydrogen-bond acceptors (Lipinski definition) is 3. The number of nitrogens with zero attached hydrogens (tertiary/aromatic N) is 2. The van der Waals surface area contributed by atoms with Crippen LogP contribution in [-0.4, -0.2) is 18.5 Å². The third kappa shape index (κ3) is 1.41. The molecule has 2 aliphatic rings. The minimum atomic E-state index is 0.0316. The largest absolute Gasteiger partial charge is 0.358 e. The second-order valence-electron chi connectivity index (χ2n) is 4.25. The highest BCUT2D eigenvalue weighted by Crippen LogP contribution is 2.38. The van der Waals surface area contributed by atoms with E-state index in [1.165, 1.54) is 0 Å². The van der Waals surface area contributed by atoms with Gasteiger partial charge in [-0.15, -0.1) is 0 Å². The lowest BCUT2D eigenvalue weighted by Gasteiger charge is -2.31. The first kappa shape index (κ1) is 9.22. The Hall–Kier alpha value is -2.02. The van der Waals surface area contributed by atoms with Crippen LogP contribution in [-0.2, 0) is 4.79 Å². The van der Waals surface area contributed by atoms with Gasteiger partial charge in [-0.2, -0.15) is 5.26 Å². The average molecular weight is 213 g/mol. The van der Waals surface area contributed by atoms with Gasteiger partial charge in [-0.25, -0.2) is 0 Å². The summed E-state index contributed by atoms with van der Waals surface area (Å²) in [5, 5.41) is 11.7. The number of carbonyl (C=O) groups excluding carboxylic acids is 1. The molecule has 3 rings (SSSR count). The molecule has 1 amide bonds. The number of carbonyl (C=O) groups is 1. The maximum absolute atomic E-state index is 11.5. The number of amides is 1. The van der Waals surface area contributed by atoms with Crippen LogP contribution in [0, 0.1) is 11.3 Å². The van der Waals surface area contributed by atoms with Crippen molar-refractivity contribution in [1.29, 1.82) is 5.26 Å². The Labute approximate surface area is 93.5 Å². The van der Waals surface area contributed by atoms with Crippen LogP contribution < -0.4 is 10.2 Å². The van der Waals surface area contributed by atoms with Gasteiger partial charge in [-0.1, -0.05) is 0 Å². The Morgan fingerprint density at radius 1 is 1.44 bits per heavy atom. The molecular formula is C12H11N3O. The fourth-order valence-corrected chi connectivity index (χ4v) is 2.09. The van der Waals surface area contributed by atoms with Crippen LogP contribution in [0.1, 0.15) is 18.4 Å². The Morgan fingerprint density at radius 3 is 2.94 bits per heavy atom. The van der Waals surface area contributed by atoms with Crippen LogP contribution in [0.15, 0.2) is 18.2 Å². The Balaban J connectivity index is 2.07. The molecule has 1 aliphatic heterocycles. The van der Waals surface area contributed by atoms with Gasteiger partial charge in [0.25, 0.3) is 0 Å². The molecule has 0 radical (unpaired) electrons. The van der Waals surface area contributed by atoms with E-state index in [-0.39, 0.29) is 5.91 Å². The average Bonchev–Trinajstić information content (AvgIpc) is 3.11. The highest BCUT2D eigenvalue weighted by atomic mass is 16.2. The highest BCUT2D eigenvalue weighted by Gasteiger charge is 2.34. The van der Waals surface area contributed by atoms with Crippen LogP contribution >= 0.6 is 0 Å². The zero-order valence-corrected chi connectivity index (χ0v) is 8.73. The van der Waals surface area contributed by atoms with Crippen molar-refractivity contribution in [1.82, 2.24) is 0 Å². The molecule has 0 unspecified atom stereocenters. The van der Waals surface area contributed by atoms with Crippen molar-refractivity contribution in [2.24, 2.45) is 0 Å². The zero-order valence-electron chi connectivity index (χ0n) is 8.73. The smallest absolute Gasteiger partial charge is 0.243 e. The number of nitriles is 1. The predicted molar refractivity (Wildman–Crippen MR) is 60.2 cm³/mol. The summed E-state index contributed by atoms with van der Waals surface area (Å²) in [6.07, 6.45) is 2.28. The second kappa shape index (κ2) is 3.24. The third-order valence-corrected chi connectivity index (χ3v) is 3.01. The first-order chi connectivity index (χ1) is 7.78. The molecule has 1 aromatic carbocycles. The van der Waals surface area contributed by atoms with Crippen LogP contribution in [0.3, 0.4) is 0 Å². The molecule has 1 N–H and O–H groups in total. The molecule has 0 saturated heterocycles. The van der Waals surface area contributed by atoms with Gasteiger partial charge >= 0.3 is 0 Å². The number of hydrogen-bond donors (Lipinski definition) is 1. The van der Waals surface area contributed by atoms with E-state index < -0.39 is 0 Å². The van der Waals surface area contributed by atoms with Crippen LogP contribution in [0.4, 0.5) is 11.4 Å². The molecule has 16 heavy (non-hydrogen) atoms. The molecule has 0 bridgehead atoms. The first-order valence-electron chi connectivity index (χ1n) is 5.38. The summed E-state index contributed by atoms with van der Waals surface area (Å²) in [5.41, 5.74) is 2.45. The van der Waals surface area contributed by atoms with E-state index >= 15 is 0 Å². The summed E-state index contributed by atoms with van der Waals surface area (Å²) in [5.74, 6) is 0.0316. The van der Waals surface area contributed by atoms with Gasteiger partial charge in [-0.05, 0) is 31.0 Å². The number of fused-ring (bicyclic) bond motifs is 1. The van der Waals surface area contributed by atoms with Crippen molar-refractivity contribution in [3.05, 3.63) is 23.8 Å². The van der Waals surface area contributed by atoms with Crippen molar-refractivity contribution < 1.29 is 4.79 Å². The van der Waals surface area contributed by atoms with E-state index in [1.807, 2.05) is 6.07 Å². The lowest BCUT2D eigenvalue weighted by Crippen LogP contribution is -2.39. The topological polar surface area (TPSA) is 56.1 Å². The monoisotopic (exact) mass is 213 g/mol. The van der Waals surface area contributed by atoms with Gasteiger partial charge < -0.3 is 10.2 Å². The van der Waals surface area contributed by atoms with Crippen molar-refractivity contribution >= 4 is 17.3 Å². The summed E-state index contributed by atoms with van der Waals surface area (Å²) in [7, 11) is 0. The van der Waals surface area contributed by atoms with Gasteiger partial charge in [0.15, 0.2) is 0 Å². The van der Waals surface area contributed by atoms with E-state index in [0.717, 1.165) is 24.2 Å². The van der Waals surface area contributed by atoms with Crippen molar-refractivity contribution in [2.75, 3.05) is 16.8 Å². The molecule has 0 atom stereocenters. The summed E-state index contributed by atoms with van der Waals surface area (Å²) >= 11 is 0. The minimum absolute atomic E-state index is 0.0316. The van der Waals surface area contributed by atoms with Crippen molar-refractivity contribution in [3.8, 4) is 6.07 Å². The standard InChI is InChI=1S/C12H11N3O/c13-6-8-1-4-10-11(5-8)15(9-2-3-9)7-12(16)14-10/h1,4-5,9H,2-3,7H2,(H,14,16). The Kier molecular flexibility index (Phi) is 1.87. The van der Waals surface area contributed by atoms with E-state index in [4.69, 9.17) is 5.26 Å². The normalized spacial score (nSPS) is 18.7. The van der Waals surface area contributed by atoms with Gasteiger partial charge in [0, 0.05) is 6.04 Å². The van der Waals surface area contributed by atoms with Gasteiger partial charge in [0.1, 0.15) is 0 Å². The lowest BCUT2D eigenvalue weighted by atomic mass is 10.1. The molecule has 0 aromatic heterocycles. The van der Waals surface area contributed by atoms with Crippen molar-refractivity contribution in [2.45, 2.75) is 18.9 Å². The lowest BCUT2D eigenvalue weighted by molar-refractivity contribution is -0.115. The molecular weight excluding hydrogens is 202 g/mol.